The van der Waals surface area contributed by atoms with Gasteiger partial charge in [-0.1, -0.05) is 12.8 Å². The van der Waals surface area contributed by atoms with Crippen molar-refractivity contribution in [3.63, 3.8) is 0 Å². The summed E-state index contributed by atoms with van der Waals surface area (Å²) in [7, 11) is 0. The van der Waals surface area contributed by atoms with Crippen molar-refractivity contribution in [2.75, 3.05) is 19.6 Å². The summed E-state index contributed by atoms with van der Waals surface area (Å²) < 4.78 is 0. The molecule has 1 aromatic rings. The Balaban J connectivity index is 1.37. The van der Waals surface area contributed by atoms with Crippen LogP contribution in [-0.2, 0) is 4.79 Å². The smallest absolute Gasteiger partial charge is 0.323 e. The van der Waals surface area contributed by atoms with E-state index in [9.17, 15) is 9.59 Å². The van der Waals surface area contributed by atoms with Crippen LogP contribution in [0.3, 0.4) is 0 Å². The fourth-order valence-electron chi connectivity index (χ4n) is 4.58. The summed E-state index contributed by atoms with van der Waals surface area (Å²) in [4.78, 5) is 28.8. The van der Waals surface area contributed by atoms with E-state index in [0.717, 1.165) is 45.2 Å². The van der Waals surface area contributed by atoms with Crippen LogP contribution in [0.15, 0.2) is 16.8 Å². The van der Waals surface area contributed by atoms with Crippen LogP contribution in [-0.4, -0.2) is 53.0 Å². The third-order valence-corrected chi connectivity index (χ3v) is 6.73. The molecular weight excluding hydrogens is 322 g/mol. The number of nitrogens with one attached hydrogen (secondary N) is 1. The Labute approximate surface area is 147 Å². The minimum atomic E-state index is -0.576. The second-order valence-electron chi connectivity index (χ2n) is 7.51. The predicted molar refractivity (Wildman–Crippen MR) is 94.2 cm³/mol. The zero-order valence-electron chi connectivity index (χ0n) is 14.2. The number of hydrogen-bond acceptors (Lipinski definition) is 4. The van der Waals surface area contributed by atoms with Crippen molar-refractivity contribution >= 4 is 23.3 Å². The van der Waals surface area contributed by atoms with E-state index in [1.54, 1.807) is 11.3 Å². The Morgan fingerprint density at radius 2 is 2.08 bits per heavy atom. The van der Waals surface area contributed by atoms with E-state index in [1.807, 2.05) is 0 Å². The minimum absolute atomic E-state index is 0.00577. The van der Waals surface area contributed by atoms with E-state index < -0.39 is 5.54 Å². The Morgan fingerprint density at radius 1 is 1.29 bits per heavy atom. The number of amides is 3. The number of nitrogens with zero attached hydrogens (tertiary/aromatic N) is 2. The first-order chi connectivity index (χ1) is 11.6. The fraction of sp³-hybridized carbons (Fsp3) is 0.667. The fourth-order valence-corrected chi connectivity index (χ4v) is 5.33. The van der Waals surface area contributed by atoms with Crippen LogP contribution < -0.4 is 5.32 Å². The molecule has 130 valence electrons. The molecule has 3 amide bonds. The lowest BCUT2D eigenvalue weighted by Gasteiger charge is -2.24. The maximum atomic E-state index is 12.7. The van der Waals surface area contributed by atoms with Crippen LogP contribution in [0, 0.1) is 0 Å². The summed E-state index contributed by atoms with van der Waals surface area (Å²) in [5, 5.41) is 7.34. The molecule has 6 heteroatoms. The zero-order valence-corrected chi connectivity index (χ0v) is 15.0. The first kappa shape index (κ1) is 16.1. The van der Waals surface area contributed by atoms with Gasteiger partial charge in [0.05, 0.1) is 0 Å². The van der Waals surface area contributed by atoms with Gasteiger partial charge in [0.15, 0.2) is 0 Å². The van der Waals surface area contributed by atoms with Gasteiger partial charge in [0.2, 0.25) is 0 Å². The zero-order chi connectivity index (χ0) is 16.7. The molecule has 2 saturated heterocycles. The topological polar surface area (TPSA) is 52.6 Å². The molecule has 0 aromatic carbocycles. The molecule has 3 fully saturated rings. The number of carbonyl (C=O) groups is 2. The van der Waals surface area contributed by atoms with Crippen molar-refractivity contribution in [1.82, 2.24) is 15.1 Å². The van der Waals surface area contributed by atoms with Crippen LogP contribution in [0.1, 0.15) is 50.5 Å². The monoisotopic (exact) mass is 347 g/mol. The van der Waals surface area contributed by atoms with Gasteiger partial charge < -0.3 is 5.32 Å². The molecule has 1 saturated carbocycles. The Bertz CT molecular complexity index is 624. The van der Waals surface area contributed by atoms with Crippen LogP contribution in [0.25, 0.3) is 0 Å². The molecular formula is C18H25N3O2S. The van der Waals surface area contributed by atoms with E-state index >= 15 is 0 Å². The normalized spacial score (nSPS) is 29.8. The Morgan fingerprint density at radius 3 is 2.79 bits per heavy atom. The van der Waals surface area contributed by atoms with Gasteiger partial charge in [0.1, 0.15) is 5.54 Å². The number of likely N-dealkylation sites (tertiary alicyclic amines) is 1. The van der Waals surface area contributed by atoms with Gasteiger partial charge in [0.25, 0.3) is 5.91 Å². The number of imide groups is 1. The maximum absolute atomic E-state index is 12.7. The van der Waals surface area contributed by atoms with Crippen LogP contribution in [0.2, 0.25) is 0 Å². The van der Waals surface area contributed by atoms with Crippen molar-refractivity contribution in [1.29, 1.82) is 0 Å². The van der Waals surface area contributed by atoms with E-state index in [2.05, 4.69) is 34.0 Å². The summed E-state index contributed by atoms with van der Waals surface area (Å²) in [6.07, 6.45) is 4.82. The van der Waals surface area contributed by atoms with Gasteiger partial charge in [-0.15, -0.1) is 0 Å². The summed E-state index contributed by atoms with van der Waals surface area (Å²) >= 11 is 1.75. The van der Waals surface area contributed by atoms with Crippen molar-refractivity contribution in [3.05, 3.63) is 22.4 Å². The van der Waals surface area contributed by atoms with E-state index in [4.69, 9.17) is 0 Å². The van der Waals surface area contributed by atoms with Crippen LogP contribution >= 0.6 is 11.3 Å². The molecule has 24 heavy (non-hydrogen) atoms. The molecule has 1 aromatic heterocycles. The second-order valence-corrected chi connectivity index (χ2v) is 8.29. The molecule has 0 radical (unpaired) electrons. The van der Waals surface area contributed by atoms with Crippen molar-refractivity contribution in [2.45, 2.75) is 56.5 Å². The molecule has 3 aliphatic rings. The van der Waals surface area contributed by atoms with Gasteiger partial charge >= 0.3 is 6.03 Å². The van der Waals surface area contributed by atoms with Crippen molar-refractivity contribution in [2.24, 2.45) is 0 Å². The molecule has 5 nitrogen and oxygen atoms in total. The number of thiophene rings is 1. The lowest BCUT2D eigenvalue weighted by molar-refractivity contribution is -0.131. The Hall–Kier alpha value is -1.40. The number of rotatable bonds is 4. The summed E-state index contributed by atoms with van der Waals surface area (Å²) in [6, 6.07) is 2.52. The lowest BCUT2D eigenvalue weighted by Crippen LogP contribution is -2.45. The minimum Gasteiger partial charge on any atom is -0.323 e. The molecule has 3 heterocycles. The highest BCUT2D eigenvalue weighted by molar-refractivity contribution is 7.08. The summed E-state index contributed by atoms with van der Waals surface area (Å²) in [6.45, 7) is 4.55. The van der Waals surface area contributed by atoms with Gasteiger partial charge in [-0.3, -0.25) is 14.6 Å². The average molecular weight is 347 g/mol. The average Bonchev–Trinajstić information content (AvgIpc) is 3.30. The first-order valence-corrected chi connectivity index (χ1v) is 9.94. The highest BCUT2D eigenvalue weighted by Gasteiger charge is 2.52. The van der Waals surface area contributed by atoms with Gasteiger partial charge in [-0.2, -0.15) is 11.3 Å². The van der Waals surface area contributed by atoms with E-state index in [1.165, 1.54) is 10.5 Å². The second kappa shape index (κ2) is 6.15. The van der Waals surface area contributed by atoms with Gasteiger partial charge in [0, 0.05) is 25.7 Å². The number of hydrogen-bond donors (Lipinski definition) is 1. The molecule has 1 spiro atoms. The molecule has 1 aliphatic carbocycles. The van der Waals surface area contributed by atoms with Crippen molar-refractivity contribution < 1.29 is 9.59 Å². The highest BCUT2D eigenvalue weighted by atomic mass is 32.1. The molecule has 0 bridgehead atoms. The first-order valence-electron chi connectivity index (χ1n) is 8.99. The lowest BCUT2D eigenvalue weighted by atomic mass is 9.98. The molecule has 4 rings (SSSR count). The van der Waals surface area contributed by atoms with Crippen LogP contribution in [0.4, 0.5) is 4.79 Å². The van der Waals surface area contributed by atoms with Gasteiger partial charge in [-0.05, 0) is 54.5 Å². The molecule has 1 N–H and O–H groups in total. The summed E-state index contributed by atoms with van der Waals surface area (Å²) in [5.74, 6) is 0.585. The number of urea groups is 1. The predicted octanol–water partition coefficient (Wildman–Crippen LogP) is 2.79. The third kappa shape index (κ3) is 2.65. The maximum Gasteiger partial charge on any atom is 0.325 e. The SMILES string of the molecule is CC1CC(c2ccsc2)CN1CCN1C(=O)NC2(CCCC2)C1=O. The largest absolute Gasteiger partial charge is 0.325 e. The quantitative estimate of drug-likeness (QED) is 0.852. The molecule has 2 atom stereocenters. The van der Waals surface area contributed by atoms with E-state index in [-0.39, 0.29) is 11.9 Å². The van der Waals surface area contributed by atoms with Crippen molar-refractivity contribution in [3.8, 4) is 0 Å². The Kier molecular flexibility index (Phi) is 4.12. The van der Waals surface area contributed by atoms with Crippen LogP contribution in [0.5, 0.6) is 0 Å². The molecule has 2 unspecified atom stereocenters. The van der Waals surface area contributed by atoms with Gasteiger partial charge in [-0.25, -0.2) is 4.79 Å². The molecule has 2 aliphatic heterocycles. The standard InChI is InChI=1S/C18H25N3O2S/c1-13-10-15(14-4-9-24-12-14)11-20(13)7-8-21-16(22)18(19-17(21)23)5-2-3-6-18/h4,9,12-13,15H,2-3,5-8,10-11H2,1H3,(H,19,23). The number of carbonyl (C=O) groups excluding carboxylic acids is 2. The summed E-state index contributed by atoms with van der Waals surface area (Å²) in [5.41, 5.74) is 0.849. The van der Waals surface area contributed by atoms with E-state index in [0.29, 0.717) is 18.5 Å². The third-order valence-electron chi connectivity index (χ3n) is 6.03. The highest BCUT2D eigenvalue weighted by Crippen LogP contribution is 2.36.